The molecular weight excluding hydrogens is 270 g/mol. The second-order valence-corrected chi connectivity index (χ2v) is 6.46. The summed E-state index contributed by atoms with van der Waals surface area (Å²) in [5.41, 5.74) is 2.55. The highest BCUT2D eigenvalue weighted by atomic mass is 32.1. The third kappa shape index (κ3) is 3.81. The number of anilines is 1. The Balaban J connectivity index is 2.19. The third-order valence-corrected chi connectivity index (χ3v) is 4.71. The molecule has 1 aliphatic rings. The maximum Gasteiger partial charge on any atom is 0.186 e. The van der Waals surface area contributed by atoms with Crippen molar-refractivity contribution in [1.29, 1.82) is 0 Å². The molecule has 5 heteroatoms. The van der Waals surface area contributed by atoms with E-state index in [1.165, 1.54) is 10.5 Å². The summed E-state index contributed by atoms with van der Waals surface area (Å²) in [5, 5.41) is 4.38. The molecular formula is C15H25N3OS. The molecule has 1 aromatic rings. The number of thiazole rings is 1. The van der Waals surface area contributed by atoms with Gasteiger partial charge in [-0.3, -0.25) is 0 Å². The van der Waals surface area contributed by atoms with E-state index in [4.69, 9.17) is 9.72 Å². The first-order valence-corrected chi connectivity index (χ1v) is 8.08. The van der Waals surface area contributed by atoms with Crippen LogP contribution in [0.5, 0.6) is 0 Å². The predicted molar refractivity (Wildman–Crippen MR) is 86.6 cm³/mol. The van der Waals surface area contributed by atoms with Crippen LogP contribution in [0.1, 0.15) is 24.4 Å². The Morgan fingerprint density at radius 3 is 2.75 bits per heavy atom. The molecule has 0 spiro atoms. The van der Waals surface area contributed by atoms with Gasteiger partial charge in [-0.15, -0.1) is 0 Å². The van der Waals surface area contributed by atoms with E-state index in [-0.39, 0.29) is 0 Å². The molecule has 0 radical (unpaired) electrons. The zero-order valence-electron chi connectivity index (χ0n) is 12.9. The Kier molecular flexibility index (Phi) is 5.57. The van der Waals surface area contributed by atoms with E-state index in [0.717, 1.165) is 43.7 Å². The zero-order valence-corrected chi connectivity index (χ0v) is 13.7. The summed E-state index contributed by atoms with van der Waals surface area (Å²) >= 11 is 1.79. The molecule has 1 aliphatic heterocycles. The number of aryl methyl sites for hydroxylation is 1. The second kappa shape index (κ2) is 7.20. The minimum absolute atomic E-state index is 0.552. The van der Waals surface area contributed by atoms with Gasteiger partial charge in [-0.2, -0.15) is 0 Å². The average molecular weight is 295 g/mol. The molecule has 1 aromatic heterocycles. The Hall–Kier alpha value is -0.910. The predicted octanol–water partition coefficient (Wildman–Crippen LogP) is 2.55. The van der Waals surface area contributed by atoms with Gasteiger partial charge in [-0.05, 0) is 26.0 Å². The fraction of sp³-hybridized carbons (Fsp3) is 0.667. The van der Waals surface area contributed by atoms with Gasteiger partial charge >= 0.3 is 0 Å². The van der Waals surface area contributed by atoms with Crippen molar-refractivity contribution >= 4 is 22.5 Å². The van der Waals surface area contributed by atoms with Gasteiger partial charge in [0.05, 0.1) is 23.8 Å². The normalized spacial score (nSPS) is 17.1. The minimum Gasteiger partial charge on any atom is -0.378 e. The van der Waals surface area contributed by atoms with Crippen LogP contribution in [0, 0.1) is 12.8 Å². The van der Waals surface area contributed by atoms with Crippen LogP contribution in [-0.4, -0.2) is 44.9 Å². The first-order valence-electron chi connectivity index (χ1n) is 7.27. The largest absolute Gasteiger partial charge is 0.378 e. The fourth-order valence-electron chi connectivity index (χ4n) is 2.21. The molecule has 1 N–H and O–H groups in total. The number of hydrogen-bond acceptors (Lipinski definition) is 5. The number of aromatic nitrogens is 1. The van der Waals surface area contributed by atoms with Gasteiger partial charge in [-0.25, -0.2) is 4.98 Å². The Morgan fingerprint density at radius 1 is 1.45 bits per heavy atom. The number of rotatable bonds is 5. The quantitative estimate of drug-likeness (QED) is 0.906. The van der Waals surface area contributed by atoms with Crippen LogP contribution in [0.3, 0.4) is 0 Å². The molecule has 0 saturated carbocycles. The van der Waals surface area contributed by atoms with Crippen LogP contribution in [0.25, 0.3) is 6.08 Å². The highest BCUT2D eigenvalue weighted by Crippen LogP contribution is 2.29. The molecule has 0 aliphatic carbocycles. The number of hydrogen-bond donors (Lipinski definition) is 1. The minimum atomic E-state index is 0.552. The zero-order chi connectivity index (χ0) is 14.5. The van der Waals surface area contributed by atoms with Crippen LogP contribution < -0.4 is 10.2 Å². The molecule has 20 heavy (non-hydrogen) atoms. The molecule has 1 saturated heterocycles. The summed E-state index contributed by atoms with van der Waals surface area (Å²) in [5.74, 6) is 0.552. The van der Waals surface area contributed by atoms with E-state index in [2.05, 4.69) is 37.1 Å². The van der Waals surface area contributed by atoms with Crippen molar-refractivity contribution < 1.29 is 4.74 Å². The maximum absolute atomic E-state index is 5.40. The monoisotopic (exact) mass is 295 g/mol. The lowest BCUT2D eigenvalue weighted by atomic mass is 10.0. The lowest BCUT2D eigenvalue weighted by Gasteiger charge is -2.26. The lowest BCUT2D eigenvalue weighted by molar-refractivity contribution is 0.122. The van der Waals surface area contributed by atoms with E-state index < -0.39 is 0 Å². The number of morpholine rings is 1. The van der Waals surface area contributed by atoms with Gasteiger partial charge in [0.2, 0.25) is 0 Å². The number of nitrogens with zero attached hydrogens (tertiary/aromatic N) is 2. The van der Waals surface area contributed by atoms with E-state index in [1.807, 2.05) is 7.05 Å². The van der Waals surface area contributed by atoms with E-state index in [9.17, 15) is 0 Å². The number of likely N-dealkylation sites (N-methyl/N-ethyl adjacent to an activating group) is 1. The molecule has 1 fully saturated rings. The third-order valence-electron chi connectivity index (χ3n) is 3.54. The van der Waals surface area contributed by atoms with Crippen molar-refractivity contribution in [2.45, 2.75) is 20.8 Å². The highest BCUT2D eigenvalue weighted by Gasteiger charge is 2.16. The van der Waals surface area contributed by atoms with E-state index in [1.54, 1.807) is 11.3 Å². The maximum atomic E-state index is 5.40. The molecule has 112 valence electrons. The Bertz CT molecular complexity index is 462. The first-order chi connectivity index (χ1) is 9.61. The van der Waals surface area contributed by atoms with Crippen LogP contribution >= 0.6 is 11.3 Å². The van der Waals surface area contributed by atoms with Gasteiger partial charge < -0.3 is 15.0 Å². The molecule has 2 rings (SSSR count). The van der Waals surface area contributed by atoms with Crippen molar-refractivity contribution in [3.05, 3.63) is 16.1 Å². The lowest BCUT2D eigenvalue weighted by Crippen LogP contribution is -2.36. The fourth-order valence-corrected chi connectivity index (χ4v) is 3.31. The molecule has 0 atom stereocenters. The SMILES string of the molecule is CNCC(=Cc1sc(N2CCOCC2)nc1C)C(C)C. The highest BCUT2D eigenvalue weighted by molar-refractivity contribution is 7.16. The molecule has 0 aromatic carbocycles. The van der Waals surface area contributed by atoms with Gasteiger partial charge in [0, 0.05) is 19.6 Å². The van der Waals surface area contributed by atoms with Gasteiger partial charge in [0.1, 0.15) is 0 Å². The van der Waals surface area contributed by atoms with Crippen molar-refractivity contribution in [1.82, 2.24) is 10.3 Å². The van der Waals surface area contributed by atoms with Crippen molar-refractivity contribution in [2.24, 2.45) is 5.92 Å². The molecule has 0 unspecified atom stereocenters. The summed E-state index contributed by atoms with van der Waals surface area (Å²) in [6.45, 7) is 11.0. The summed E-state index contributed by atoms with van der Waals surface area (Å²) in [6.07, 6.45) is 2.30. The Labute approximate surface area is 125 Å². The second-order valence-electron chi connectivity index (χ2n) is 5.45. The molecule has 0 bridgehead atoms. The standard InChI is InChI=1S/C15H25N3OS/c1-11(2)13(10-16-4)9-14-12(3)17-15(20-14)18-5-7-19-8-6-18/h9,11,16H,5-8,10H2,1-4H3. The van der Waals surface area contributed by atoms with Crippen LogP contribution in [0.2, 0.25) is 0 Å². The summed E-state index contributed by atoms with van der Waals surface area (Å²) in [7, 11) is 1.99. The van der Waals surface area contributed by atoms with Gasteiger partial charge in [0.15, 0.2) is 5.13 Å². The molecule has 2 heterocycles. The summed E-state index contributed by atoms with van der Waals surface area (Å²) in [6, 6.07) is 0. The van der Waals surface area contributed by atoms with Crippen molar-refractivity contribution in [3.63, 3.8) is 0 Å². The summed E-state index contributed by atoms with van der Waals surface area (Å²) in [4.78, 5) is 8.34. The van der Waals surface area contributed by atoms with Crippen LogP contribution in [-0.2, 0) is 4.74 Å². The van der Waals surface area contributed by atoms with E-state index >= 15 is 0 Å². The number of ether oxygens (including phenoxy) is 1. The average Bonchev–Trinajstić information content (AvgIpc) is 2.80. The molecule has 4 nitrogen and oxygen atoms in total. The van der Waals surface area contributed by atoms with E-state index in [0.29, 0.717) is 5.92 Å². The smallest absolute Gasteiger partial charge is 0.186 e. The number of nitrogens with one attached hydrogen (secondary N) is 1. The topological polar surface area (TPSA) is 37.4 Å². The molecule has 0 amide bonds. The van der Waals surface area contributed by atoms with Gasteiger partial charge in [0.25, 0.3) is 0 Å². The first kappa shape index (κ1) is 15.5. The van der Waals surface area contributed by atoms with Crippen LogP contribution in [0.15, 0.2) is 5.57 Å². The Morgan fingerprint density at radius 2 is 2.15 bits per heavy atom. The van der Waals surface area contributed by atoms with Crippen molar-refractivity contribution in [3.8, 4) is 0 Å². The summed E-state index contributed by atoms with van der Waals surface area (Å²) < 4.78 is 5.40. The van der Waals surface area contributed by atoms with Crippen LogP contribution in [0.4, 0.5) is 5.13 Å². The van der Waals surface area contributed by atoms with Gasteiger partial charge in [-0.1, -0.05) is 30.8 Å². The van der Waals surface area contributed by atoms with Crippen molar-refractivity contribution in [2.75, 3.05) is 44.8 Å².